The molecule has 0 unspecified atom stereocenters. The van der Waals surface area contributed by atoms with Crippen LogP contribution in [0.3, 0.4) is 0 Å². The molecule has 1 N–H and O–H groups in total. The van der Waals surface area contributed by atoms with Gasteiger partial charge in [0.25, 0.3) is 0 Å². The molecule has 4 aromatic carbocycles. The summed E-state index contributed by atoms with van der Waals surface area (Å²) in [4.78, 5) is 2.17. The van der Waals surface area contributed by atoms with Crippen molar-refractivity contribution in [2.75, 3.05) is 23.1 Å². The second-order valence-electron chi connectivity index (χ2n) is 8.18. The topological polar surface area (TPSA) is 15.3 Å². The first-order valence-corrected chi connectivity index (χ1v) is 14.3. The number of alkyl halides is 1. The van der Waals surface area contributed by atoms with E-state index in [2.05, 4.69) is 106 Å². The zero-order valence-electron chi connectivity index (χ0n) is 22.0. The van der Waals surface area contributed by atoms with Gasteiger partial charge in [0.1, 0.15) is 0 Å². The van der Waals surface area contributed by atoms with Gasteiger partial charge in [0.2, 0.25) is 0 Å². The molecule has 0 atom stereocenters. The molecule has 0 radical (unpaired) electrons. The van der Waals surface area contributed by atoms with Crippen LogP contribution >= 0.6 is 15.9 Å². The van der Waals surface area contributed by atoms with Crippen molar-refractivity contribution in [3.05, 3.63) is 146 Å². The molecule has 0 fully saturated rings. The van der Waals surface area contributed by atoms with Crippen LogP contribution in [0.2, 0.25) is 0 Å². The van der Waals surface area contributed by atoms with E-state index in [1.54, 1.807) is 0 Å². The first-order chi connectivity index (χ1) is 18.3. The summed E-state index contributed by atoms with van der Waals surface area (Å²) in [5.74, 6) is 1.81. The number of hydrogen-bond donors (Lipinski definition) is 1. The molecule has 0 aromatic heterocycles. The molecule has 0 heterocycles. The normalized spacial score (nSPS) is 12.4. The fourth-order valence-corrected chi connectivity index (χ4v) is 3.52. The SMILES string of the molecule is C1=CCC/C=C\CC1.CBr.CN(c1ccccc1)c1ccccc1.c1ccc(Nc2ccccc2)cc1. The molecular formula is C34H39BrN2. The maximum Gasteiger partial charge on any atom is 0.0408 e. The molecule has 37 heavy (non-hydrogen) atoms. The lowest BCUT2D eigenvalue weighted by atomic mass is 10.1. The van der Waals surface area contributed by atoms with Crippen molar-refractivity contribution in [1.82, 2.24) is 0 Å². The Labute approximate surface area is 232 Å². The molecule has 0 amide bonds. The van der Waals surface area contributed by atoms with Crippen molar-refractivity contribution in [3.63, 3.8) is 0 Å². The predicted molar refractivity (Wildman–Crippen MR) is 169 cm³/mol. The van der Waals surface area contributed by atoms with Crippen LogP contribution < -0.4 is 10.2 Å². The van der Waals surface area contributed by atoms with E-state index in [1.165, 1.54) is 37.1 Å². The number of benzene rings is 4. The Hall–Kier alpha value is -3.56. The fourth-order valence-electron chi connectivity index (χ4n) is 3.52. The Balaban J connectivity index is 0.000000195. The molecule has 2 nitrogen and oxygen atoms in total. The molecule has 0 saturated heterocycles. The third-order valence-corrected chi connectivity index (χ3v) is 5.46. The summed E-state index contributed by atoms with van der Waals surface area (Å²) < 4.78 is 0. The Morgan fingerprint density at radius 3 is 1.03 bits per heavy atom. The zero-order valence-corrected chi connectivity index (χ0v) is 23.6. The van der Waals surface area contributed by atoms with Crippen molar-refractivity contribution in [2.45, 2.75) is 25.7 Å². The quantitative estimate of drug-likeness (QED) is 0.199. The van der Waals surface area contributed by atoms with E-state index in [0.717, 1.165) is 11.4 Å². The van der Waals surface area contributed by atoms with E-state index in [-0.39, 0.29) is 0 Å². The van der Waals surface area contributed by atoms with Crippen molar-refractivity contribution < 1.29 is 0 Å². The monoisotopic (exact) mass is 554 g/mol. The Kier molecular flexibility index (Phi) is 15.7. The van der Waals surface area contributed by atoms with Crippen LogP contribution in [0.25, 0.3) is 0 Å². The highest BCUT2D eigenvalue weighted by Crippen LogP contribution is 2.22. The summed E-state index contributed by atoms with van der Waals surface area (Å²) >= 11 is 2.94. The molecular weight excluding hydrogens is 516 g/mol. The minimum absolute atomic E-state index is 1.12. The highest BCUT2D eigenvalue weighted by molar-refractivity contribution is 9.08. The van der Waals surface area contributed by atoms with Gasteiger partial charge in [-0.05, 0) is 80.0 Å². The standard InChI is InChI=1S/C13H13N.C12H11N.C8H12.CH3Br/c1-14(12-8-4-2-5-9-12)13-10-6-3-7-11-13;1-3-7-11(8-4-1)13-12-9-5-2-6-10-12;1-2-4-6-8-7-5-3-1;1-2/h2-11H,1H3;1-10,13H;1-2,7-8H,3-6H2;1H3/b;;2-1-,8-7?;. The van der Waals surface area contributed by atoms with Gasteiger partial charge in [-0.3, -0.25) is 0 Å². The Morgan fingerprint density at radius 2 is 0.730 bits per heavy atom. The van der Waals surface area contributed by atoms with E-state index in [9.17, 15) is 0 Å². The third kappa shape index (κ3) is 12.8. The summed E-state index contributed by atoms with van der Waals surface area (Å²) in [5, 5.41) is 3.30. The number of hydrogen-bond acceptors (Lipinski definition) is 2. The summed E-state index contributed by atoms with van der Waals surface area (Å²) in [6, 6.07) is 41.0. The van der Waals surface area contributed by atoms with Crippen LogP contribution in [-0.2, 0) is 0 Å². The molecule has 5 rings (SSSR count). The third-order valence-electron chi connectivity index (χ3n) is 5.46. The van der Waals surface area contributed by atoms with Gasteiger partial charge in [0, 0.05) is 29.8 Å². The minimum Gasteiger partial charge on any atom is -0.356 e. The van der Waals surface area contributed by atoms with Gasteiger partial charge in [-0.1, -0.05) is 113 Å². The highest BCUT2D eigenvalue weighted by Gasteiger charge is 2.00. The maximum atomic E-state index is 3.30. The van der Waals surface area contributed by atoms with E-state index in [4.69, 9.17) is 0 Å². The number of nitrogens with zero attached hydrogens (tertiary/aromatic N) is 1. The van der Waals surface area contributed by atoms with Crippen molar-refractivity contribution in [1.29, 1.82) is 0 Å². The summed E-state index contributed by atoms with van der Waals surface area (Å²) in [6.45, 7) is 0. The summed E-state index contributed by atoms with van der Waals surface area (Å²) in [6.07, 6.45) is 14.0. The van der Waals surface area contributed by atoms with Gasteiger partial charge in [0.15, 0.2) is 0 Å². The number of para-hydroxylation sites is 4. The van der Waals surface area contributed by atoms with Crippen LogP contribution in [-0.4, -0.2) is 12.9 Å². The van der Waals surface area contributed by atoms with Gasteiger partial charge in [-0.15, -0.1) is 0 Å². The fraction of sp³-hybridized carbons (Fsp3) is 0.176. The van der Waals surface area contributed by atoms with Crippen LogP contribution in [0, 0.1) is 0 Å². The van der Waals surface area contributed by atoms with Gasteiger partial charge >= 0.3 is 0 Å². The van der Waals surface area contributed by atoms with Crippen molar-refractivity contribution >= 4 is 38.7 Å². The van der Waals surface area contributed by atoms with Crippen LogP contribution in [0.4, 0.5) is 22.7 Å². The summed E-state index contributed by atoms with van der Waals surface area (Å²) in [5.41, 5.74) is 4.65. The van der Waals surface area contributed by atoms with E-state index < -0.39 is 0 Å². The lowest BCUT2D eigenvalue weighted by Crippen LogP contribution is -2.08. The first-order valence-electron chi connectivity index (χ1n) is 12.7. The molecule has 3 heteroatoms. The second kappa shape index (κ2) is 19.6. The smallest absolute Gasteiger partial charge is 0.0408 e. The molecule has 0 spiro atoms. The number of halogens is 1. The maximum absolute atomic E-state index is 3.30. The summed E-state index contributed by atoms with van der Waals surface area (Å²) in [7, 11) is 2.07. The molecule has 0 saturated carbocycles. The molecule has 1 aliphatic carbocycles. The van der Waals surface area contributed by atoms with Crippen molar-refractivity contribution in [2.24, 2.45) is 0 Å². The largest absolute Gasteiger partial charge is 0.356 e. The molecule has 0 aliphatic heterocycles. The van der Waals surface area contributed by atoms with E-state index in [0.29, 0.717) is 0 Å². The average Bonchev–Trinajstić information content (AvgIpc) is 2.96. The van der Waals surface area contributed by atoms with E-state index >= 15 is 0 Å². The highest BCUT2D eigenvalue weighted by atomic mass is 79.9. The van der Waals surface area contributed by atoms with E-state index in [1.807, 2.05) is 78.6 Å². The molecule has 1 aliphatic rings. The van der Waals surface area contributed by atoms with Gasteiger partial charge in [-0.25, -0.2) is 0 Å². The Bertz CT molecular complexity index is 1010. The van der Waals surface area contributed by atoms with Crippen LogP contribution in [0.5, 0.6) is 0 Å². The van der Waals surface area contributed by atoms with Gasteiger partial charge in [-0.2, -0.15) is 0 Å². The minimum atomic E-state index is 1.12. The number of rotatable bonds is 4. The van der Waals surface area contributed by atoms with Crippen molar-refractivity contribution in [3.8, 4) is 0 Å². The number of anilines is 4. The molecule has 192 valence electrons. The molecule has 4 aromatic rings. The Morgan fingerprint density at radius 1 is 0.459 bits per heavy atom. The van der Waals surface area contributed by atoms with Gasteiger partial charge < -0.3 is 10.2 Å². The zero-order chi connectivity index (χ0) is 26.4. The number of allylic oxidation sites excluding steroid dienone is 4. The second-order valence-corrected chi connectivity index (χ2v) is 8.18. The van der Waals surface area contributed by atoms with Crippen LogP contribution in [0.1, 0.15) is 25.7 Å². The lowest BCUT2D eigenvalue weighted by molar-refractivity contribution is 0.962. The first kappa shape index (κ1) is 29.7. The van der Waals surface area contributed by atoms with Crippen LogP contribution in [0.15, 0.2) is 146 Å². The van der Waals surface area contributed by atoms with Gasteiger partial charge in [0.05, 0.1) is 0 Å². The number of nitrogens with one attached hydrogen (secondary N) is 1. The lowest BCUT2D eigenvalue weighted by Gasteiger charge is -2.18. The molecule has 0 bridgehead atoms. The predicted octanol–water partition coefficient (Wildman–Crippen LogP) is 10.6. The average molecular weight is 556 g/mol.